The number of carbonyl (C=O) groups is 1. The van der Waals surface area contributed by atoms with Gasteiger partial charge < -0.3 is 14.4 Å². The number of hydrogen-bond donors (Lipinski definition) is 1. The minimum Gasteiger partial charge on any atom is -0.478 e. The number of aryl methyl sites for hydroxylation is 1. The summed E-state index contributed by atoms with van der Waals surface area (Å²) >= 11 is 0. The van der Waals surface area contributed by atoms with Crippen LogP contribution in [-0.4, -0.2) is 34.3 Å². The molecule has 0 bridgehead atoms. The third kappa shape index (κ3) is 2.41. The van der Waals surface area contributed by atoms with Crippen LogP contribution >= 0.6 is 0 Å². The molecule has 0 aliphatic rings. The van der Waals surface area contributed by atoms with E-state index in [0.717, 1.165) is 22.7 Å². The van der Waals surface area contributed by atoms with Gasteiger partial charge in [-0.2, -0.15) is 0 Å². The Labute approximate surface area is 104 Å². The van der Waals surface area contributed by atoms with Crippen LogP contribution in [0.25, 0.3) is 16.6 Å². The zero-order valence-electron chi connectivity index (χ0n) is 10.3. The molecule has 0 saturated carbocycles. The second kappa shape index (κ2) is 5.01. The van der Waals surface area contributed by atoms with Crippen molar-refractivity contribution in [3.63, 3.8) is 0 Å². The van der Waals surface area contributed by atoms with Gasteiger partial charge in [-0.3, -0.25) is 0 Å². The van der Waals surface area contributed by atoms with Gasteiger partial charge in [0.2, 0.25) is 0 Å². The highest BCUT2D eigenvalue weighted by atomic mass is 16.5. The fourth-order valence-corrected chi connectivity index (χ4v) is 1.85. The molecule has 0 atom stereocenters. The number of rotatable bonds is 4. The molecule has 2 aromatic rings. The fraction of sp³-hybridized carbons (Fsp3) is 0.231. The number of aromatic nitrogens is 2. The van der Waals surface area contributed by atoms with E-state index in [1.54, 1.807) is 6.33 Å². The number of ether oxygens (including phenoxy) is 1. The zero-order chi connectivity index (χ0) is 13.1. The van der Waals surface area contributed by atoms with Crippen molar-refractivity contribution in [1.29, 1.82) is 0 Å². The predicted molar refractivity (Wildman–Crippen MR) is 68.2 cm³/mol. The van der Waals surface area contributed by atoms with Crippen molar-refractivity contribution in [1.82, 2.24) is 9.55 Å². The molecule has 0 spiro atoms. The Morgan fingerprint density at radius 3 is 3.00 bits per heavy atom. The third-order valence-corrected chi connectivity index (χ3v) is 2.69. The summed E-state index contributed by atoms with van der Waals surface area (Å²) in [6.45, 7) is 0.255. The molecule has 1 aromatic carbocycles. The number of carboxylic acids is 1. The van der Waals surface area contributed by atoms with Gasteiger partial charge in [-0.05, 0) is 23.3 Å². The standard InChI is InChI=1S/C13H14N2O3/c1-15-8-14-11-5-9(3-4-12(11)15)10(7-18-2)6-13(16)17/h3-6,8H,7H2,1-2H3,(H,16,17)/b10-6+. The lowest BCUT2D eigenvalue weighted by Crippen LogP contribution is -1.99. The Hall–Kier alpha value is -2.14. The van der Waals surface area contributed by atoms with Gasteiger partial charge in [-0.15, -0.1) is 0 Å². The van der Waals surface area contributed by atoms with E-state index in [1.165, 1.54) is 7.11 Å². The Kier molecular flexibility index (Phi) is 3.43. The van der Waals surface area contributed by atoms with E-state index in [-0.39, 0.29) is 6.61 Å². The largest absolute Gasteiger partial charge is 0.478 e. The minimum atomic E-state index is -0.983. The average Bonchev–Trinajstić information content (AvgIpc) is 2.70. The van der Waals surface area contributed by atoms with Crippen LogP contribution in [0.3, 0.4) is 0 Å². The maximum absolute atomic E-state index is 10.8. The first kappa shape index (κ1) is 12.3. The number of nitrogens with zero attached hydrogens (tertiary/aromatic N) is 2. The minimum absolute atomic E-state index is 0.255. The van der Waals surface area contributed by atoms with Crippen LogP contribution in [-0.2, 0) is 16.6 Å². The molecule has 0 aliphatic carbocycles. The van der Waals surface area contributed by atoms with Gasteiger partial charge in [-0.1, -0.05) is 6.07 Å². The Bertz CT molecular complexity index is 614. The molecule has 5 heteroatoms. The number of benzene rings is 1. The molecule has 0 saturated heterocycles. The average molecular weight is 246 g/mol. The van der Waals surface area contributed by atoms with Crippen LogP contribution in [0.1, 0.15) is 5.56 Å². The summed E-state index contributed by atoms with van der Waals surface area (Å²) < 4.78 is 6.93. The maximum Gasteiger partial charge on any atom is 0.328 e. The molecule has 1 aromatic heterocycles. The van der Waals surface area contributed by atoms with Crippen LogP contribution in [0, 0.1) is 0 Å². The molecule has 18 heavy (non-hydrogen) atoms. The Morgan fingerprint density at radius 2 is 2.33 bits per heavy atom. The lowest BCUT2D eigenvalue weighted by molar-refractivity contribution is -0.131. The molecule has 0 unspecified atom stereocenters. The van der Waals surface area contributed by atoms with E-state index < -0.39 is 5.97 Å². The molecule has 94 valence electrons. The number of aliphatic carboxylic acids is 1. The van der Waals surface area contributed by atoms with E-state index >= 15 is 0 Å². The lowest BCUT2D eigenvalue weighted by atomic mass is 10.1. The van der Waals surface area contributed by atoms with Crippen molar-refractivity contribution in [2.45, 2.75) is 0 Å². The molecule has 1 N–H and O–H groups in total. The van der Waals surface area contributed by atoms with E-state index in [9.17, 15) is 4.79 Å². The van der Waals surface area contributed by atoms with E-state index in [2.05, 4.69) is 4.98 Å². The van der Waals surface area contributed by atoms with E-state index in [1.807, 2.05) is 29.8 Å². The predicted octanol–water partition coefficient (Wildman–Crippen LogP) is 1.69. The fourth-order valence-electron chi connectivity index (χ4n) is 1.85. The van der Waals surface area contributed by atoms with Crippen molar-refractivity contribution >= 4 is 22.6 Å². The zero-order valence-corrected chi connectivity index (χ0v) is 10.3. The van der Waals surface area contributed by atoms with Crippen molar-refractivity contribution in [2.24, 2.45) is 7.05 Å². The van der Waals surface area contributed by atoms with Crippen molar-refractivity contribution in [2.75, 3.05) is 13.7 Å². The third-order valence-electron chi connectivity index (χ3n) is 2.69. The molecule has 0 radical (unpaired) electrons. The summed E-state index contributed by atoms with van der Waals surface area (Å²) in [5.41, 5.74) is 3.27. The van der Waals surface area contributed by atoms with Crippen LogP contribution in [0.4, 0.5) is 0 Å². The lowest BCUT2D eigenvalue weighted by Gasteiger charge is -2.06. The molecule has 0 amide bonds. The van der Waals surface area contributed by atoms with Crippen molar-refractivity contribution < 1.29 is 14.6 Å². The van der Waals surface area contributed by atoms with Gasteiger partial charge in [0.1, 0.15) is 0 Å². The van der Waals surface area contributed by atoms with Gasteiger partial charge in [0.05, 0.1) is 24.0 Å². The van der Waals surface area contributed by atoms with E-state index in [0.29, 0.717) is 5.57 Å². The quantitative estimate of drug-likeness (QED) is 0.834. The number of fused-ring (bicyclic) bond motifs is 1. The maximum atomic E-state index is 10.8. The van der Waals surface area contributed by atoms with Crippen molar-refractivity contribution in [3.05, 3.63) is 36.2 Å². The normalized spacial score (nSPS) is 12.0. The highest BCUT2D eigenvalue weighted by Gasteiger charge is 2.07. The second-order valence-electron chi connectivity index (χ2n) is 4.00. The highest BCUT2D eigenvalue weighted by Crippen LogP contribution is 2.20. The van der Waals surface area contributed by atoms with Crippen LogP contribution in [0.15, 0.2) is 30.6 Å². The molecule has 5 nitrogen and oxygen atoms in total. The number of hydrogen-bond acceptors (Lipinski definition) is 3. The number of imidazole rings is 1. The van der Waals surface area contributed by atoms with Crippen LogP contribution in [0.5, 0.6) is 0 Å². The Morgan fingerprint density at radius 1 is 1.56 bits per heavy atom. The second-order valence-corrected chi connectivity index (χ2v) is 4.00. The van der Waals surface area contributed by atoms with Crippen LogP contribution in [0.2, 0.25) is 0 Å². The molecule has 0 aliphatic heterocycles. The first-order valence-corrected chi connectivity index (χ1v) is 5.45. The van der Waals surface area contributed by atoms with Gasteiger partial charge in [0, 0.05) is 20.2 Å². The SMILES string of the molecule is COC/C(=C\C(=O)O)c1ccc2c(c1)ncn2C. The monoisotopic (exact) mass is 246 g/mol. The molecule has 2 rings (SSSR count). The summed E-state index contributed by atoms with van der Waals surface area (Å²) in [7, 11) is 3.45. The first-order valence-electron chi connectivity index (χ1n) is 5.45. The van der Waals surface area contributed by atoms with Crippen molar-refractivity contribution in [3.8, 4) is 0 Å². The summed E-state index contributed by atoms with van der Waals surface area (Å²) in [4.78, 5) is 15.0. The Balaban J connectivity index is 2.47. The summed E-state index contributed by atoms with van der Waals surface area (Å²) in [5, 5.41) is 8.84. The van der Waals surface area contributed by atoms with Gasteiger partial charge >= 0.3 is 5.97 Å². The van der Waals surface area contributed by atoms with Gasteiger partial charge in [-0.25, -0.2) is 9.78 Å². The summed E-state index contributed by atoms with van der Waals surface area (Å²) in [6, 6.07) is 5.66. The van der Waals surface area contributed by atoms with E-state index in [4.69, 9.17) is 9.84 Å². The van der Waals surface area contributed by atoms with Gasteiger partial charge in [0.15, 0.2) is 0 Å². The van der Waals surface area contributed by atoms with Crippen LogP contribution < -0.4 is 0 Å². The van der Waals surface area contributed by atoms with Gasteiger partial charge in [0.25, 0.3) is 0 Å². The first-order chi connectivity index (χ1) is 8.61. The molecule has 0 fully saturated rings. The number of methoxy groups -OCH3 is 1. The smallest absolute Gasteiger partial charge is 0.328 e. The number of carboxylic acid groups (broad SMARTS) is 1. The summed E-state index contributed by atoms with van der Waals surface area (Å²) in [6.07, 6.45) is 2.89. The molecular formula is C13H14N2O3. The topological polar surface area (TPSA) is 64.3 Å². The molecular weight excluding hydrogens is 232 g/mol. The highest BCUT2D eigenvalue weighted by molar-refractivity contribution is 5.92. The summed E-state index contributed by atoms with van der Waals surface area (Å²) in [5.74, 6) is -0.983. The molecule has 1 heterocycles.